The maximum absolute atomic E-state index is 13.0. The van der Waals surface area contributed by atoms with Crippen LogP contribution >= 0.6 is 0 Å². The number of amidine groups is 1. The molecule has 1 saturated heterocycles. The molecule has 0 unspecified atom stereocenters. The summed E-state index contributed by atoms with van der Waals surface area (Å²) in [6.45, 7) is 6.19. The lowest BCUT2D eigenvalue weighted by atomic mass is 9.74. The average molecular weight is 451 g/mol. The molecule has 1 fully saturated rings. The number of nitrogens with one attached hydrogen (secondary N) is 2. The fourth-order valence-corrected chi connectivity index (χ4v) is 4.18. The molecule has 8 heteroatoms. The summed E-state index contributed by atoms with van der Waals surface area (Å²) in [6, 6.07) is 15.6. The minimum atomic E-state index is -0.337. The quantitative estimate of drug-likeness (QED) is 0.676. The number of hydrogen-bond donors (Lipinski definition) is 2. The Bertz CT molecular complexity index is 1010. The number of carbonyl (C=O) groups is 2. The minimum absolute atomic E-state index is 0.0818. The molecule has 0 aromatic heterocycles. The summed E-state index contributed by atoms with van der Waals surface area (Å²) in [4.78, 5) is 29.5. The van der Waals surface area contributed by atoms with Crippen LogP contribution in [0.1, 0.15) is 30.9 Å². The predicted octanol–water partition coefficient (Wildman–Crippen LogP) is 2.51. The van der Waals surface area contributed by atoms with Crippen LogP contribution in [-0.4, -0.2) is 50.6 Å². The third-order valence-electron chi connectivity index (χ3n) is 6.16. The summed E-state index contributed by atoms with van der Waals surface area (Å²) in [5.74, 6) is 0.403. The molecule has 0 bridgehead atoms. The van der Waals surface area contributed by atoms with E-state index >= 15 is 0 Å². The molecular formula is C25H30N4O4. The Hall–Kier alpha value is -3.39. The second kappa shape index (κ2) is 10.0. The Morgan fingerprint density at radius 2 is 1.85 bits per heavy atom. The molecule has 2 heterocycles. The topological polar surface area (TPSA) is 92.3 Å². The van der Waals surface area contributed by atoms with E-state index < -0.39 is 0 Å². The summed E-state index contributed by atoms with van der Waals surface area (Å²) in [5.41, 5.74) is 5.54. The van der Waals surface area contributed by atoms with Gasteiger partial charge in [-0.05, 0) is 56.5 Å². The fourth-order valence-electron chi connectivity index (χ4n) is 4.18. The predicted molar refractivity (Wildman–Crippen MR) is 126 cm³/mol. The number of anilines is 1. The van der Waals surface area contributed by atoms with Crippen LogP contribution in [0, 0.1) is 6.92 Å². The van der Waals surface area contributed by atoms with Crippen LogP contribution < -0.4 is 20.5 Å². The van der Waals surface area contributed by atoms with E-state index in [9.17, 15) is 9.59 Å². The van der Waals surface area contributed by atoms with Gasteiger partial charge in [0.05, 0.1) is 12.3 Å². The van der Waals surface area contributed by atoms with E-state index in [0.717, 1.165) is 29.7 Å². The van der Waals surface area contributed by atoms with Crippen LogP contribution in [0.3, 0.4) is 0 Å². The van der Waals surface area contributed by atoms with Gasteiger partial charge in [-0.2, -0.15) is 0 Å². The van der Waals surface area contributed by atoms with Crippen molar-refractivity contribution in [1.82, 2.24) is 10.7 Å². The molecule has 8 nitrogen and oxygen atoms in total. The highest BCUT2D eigenvalue weighted by Crippen LogP contribution is 2.35. The molecule has 0 atom stereocenters. The lowest BCUT2D eigenvalue weighted by Gasteiger charge is -2.38. The molecule has 0 spiro atoms. The van der Waals surface area contributed by atoms with Gasteiger partial charge in [0.25, 0.3) is 11.8 Å². The third kappa shape index (κ3) is 5.17. The van der Waals surface area contributed by atoms with E-state index in [1.54, 1.807) is 0 Å². The Balaban J connectivity index is 1.46. The zero-order valence-corrected chi connectivity index (χ0v) is 19.1. The van der Waals surface area contributed by atoms with Gasteiger partial charge >= 0.3 is 0 Å². The normalized spacial score (nSPS) is 17.7. The highest BCUT2D eigenvalue weighted by Gasteiger charge is 2.36. The molecule has 33 heavy (non-hydrogen) atoms. The second-order valence-electron chi connectivity index (χ2n) is 8.37. The molecular weight excluding hydrogens is 420 g/mol. The molecule has 2 N–H and O–H groups in total. The minimum Gasteiger partial charge on any atom is -0.494 e. The van der Waals surface area contributed by atoms with Crippen LogP contribution in [0.2, 0.25) is 0 Å². The lowest BCUT2D eigenvalue weighted by molar-refractivity contribution is -0.118. The molecule has 0 radical (unpaired) electrons. The van der Waals surface area contributed by atoms with Crippen LogP contribution in [0.15, 0.2) is 53.5 Å². The first kappa shape index (κ1) is 22.8. The highest BCUT2D eigenvalue weighted by atomic mass is 16.5. The van der Waals surface area contributed by atoms with Crippen LogP contribution in [0.5, 0.6) is 5.75 Å². The number of nitrogens with zero attached hydrogens (tertiary/aromatic N) is 2. The second-order valence-corrected chi connectivity index (χ2v) is 8.37. The van der Waals surface area contributed by atoms with E-state index in [0.29, 0.717) is 32.1 Å². The van der Waals surface area contributed by atoms with Crippen molar-refractivity contribution in [2.75, 3.05) is 37.9 Å². The largest absolute Gasteiger partial charge is 0.494 e. The van der Waals surface area contributed by atoms with Gasteiger partial charge in [-0.1, -0.05) is 29.8 Å². The zero-order valence-electron chi connectivity index (χ0n) is 19.1. The van der Waals surface area contributed by atoms with Gasteiger partial charge in [0, 0.05) is 25.2 Å². The van der Waals surface area contributed by atoms with Crippen molar-refractivity contribution in [2.24, 2.45) is 4.99 Å². The summed E-state index contributed by atoms with van der Waals surface area (Å²) in [6.07, 6.45) is 1.60. The van der Waals surface area contributed by atoms with Crippen molar-refractivity contribution in [3.63, 3.8) is 0 Å². The first-order valence-electron chi connectivity index (χ1n) is 11.3. The van der Waals surface area contributed by atoms with Crippen molar-refractivity contribution < 1.29 is 19.1 Å². The summed E-state index contributed by atoms with van der Waals surface area (Å²) in [7, 11) is 0. The smallest absolute Gasteiger partial charge is 0.288 e. The maximum Gasteiger partial charge on any atom is 0.288 e. The number of hydrazine groups is 1. The Morgan fingerprint density at radius 3 is 2.52 bits per heavy atom. The van der Waals surface area contributed by atoms with Gasteiger partial charge < -0.3 is 14.8 Å². The summed E-state index contributed by atoms with van der Waals surface area (Å²) < 4.78 is 11.2. The molecule has 174 valence electrons. The molecule has 2 amide bonds. The monoisotopic (exact) mass is 450 g/mol. The van der Waals surface area contributed by atoms with Gasteiger partial charge in [0.15, 0.2) is 0 Å². The van der Waals surface area contributed by atoms with Crippen molar-refractivity contribution in [1.29, 1.82) is 0 Å². The van der Waals surface area contributed by atoms with Crippen molar-refractivity contribution >= 4 is 23.3 Å². The van der Waals surface area contributed by atoms with Crippen molar-refractivity contribution in [3.05, 3.63) is 59.7 Å². The number of aliphatic imine (C=N–C) groups is 1. The lowest BCUT2D eigenvalue weighted by Crippen LogP contribution is -2.57. The number of aryl methyl sites for hydroxylation is 1. The van der Waals surface area contributed by atoms with E-state index in [4.69, 9.17) is 9.47 Å². The molecule has 0 aliphatic carbocycles. The Labute approximate surface area is 193 Å². The van der Waals surface area contributed by atoms with Crippen LogP contribution in [0.4, 0.5) is 5.69 Å². The number of ether oxygens (including phenoxy) is 2. The molecule has 2 aromatic carbocycles. The number of amides is 2. The van der Waals surface area contributed by atoms with Crippen molar-refractivity contribution in [2.45, 2.75) is 32.1 Å². The third-order valence-corrected chi connectivity index (χ3v) is 6.16. The fraction of sp³-hybridized carbons (Fsp3) is 0.400. The first-order valence-corrected chi connectivity index (χ1v) is 11.3. The molecule has 2 aliphatic rings. The summed E-state index contributed by atoms with van der Waals surface area (Å²) in [5, 5.41) is 4.41. The van der Waals surface area contributed by atoms with E-state index in [2.05, 4.69) is 27.9 Å². The number of carbonyl (C=O) groups excluding carboxylic acids is 2. The van der Waals surface area contributed by atoms with Gasteiger partial charge in [0.2, 0.25) is 5.84 Å². The highest BCUT2D eigenvalue weighted by molar-refractivity contribution is 6.39. The molecule has 0 saturated carbocycles. The van der Waals surface area contributed by atoms with Gasteiger partial charge in [-0.3, -0.25) is 20.0 Å². The number of rotatable bonds is 7. The molecule has 4 rings (SSSR count). The van der Waals surface area contributed by atoms with Gasteiger partial charge in [-0.25, -0.2) is 5.01 Å². The summed E-state index contributed by atoms with van der Waals surface area (Å²) >= 11 is 0. The molecule has 2 aliphatic heterocycles. The van der Waals surface area contributed by atoms with Gasteiger partial charge in [-0.15, -0.1) is 0 Å². The molecule has 2 aromatic rings. The Morgan fingerprint density at radius 1 is 1.15 bits per heavy atom. The van der Waals surface area contributed by atoms with Crippen molar-refractivity contribution in [3.8, 4) is 5.75 Å². The number of benzene rings is 2. The Kier molecular flexibility index (Phi) is 6.93. The van der Waals surface area contributed by atoms with E-state index in [1.165, 1.54) is 5.01 Å². The first-order chi connectivity index (χ1) is 16.0. The number of hydrogen-bond acceptors (Lipinski definition) is 6. The van der Waals surface area contributed by atoms with Crippen LogP contribution in [0.25, 0.3) is 0 Å². The SMILES string of the molecule is CCOc1ccc(C2(CNC(=O)C3=NCC(=O)N(c4ccc(C)cc4)N3)CCOCC2)cc1. The van der Waals surface area contributed by atoms with Gasteiger partial charge in [0.1, 0.15) is 12.3 Å². The van der Waals surface area contributed by atoms with Crippen LogP contribution in [-0.2, 0) is 19.7 Å². The average Bonchev–Trinajstić information content (AvgIpc) is 2.85. The standard InChI is InChI=1S/C25H30N4O4/c1-3-33-21-10-6-19(7-11-21)25(12-14-32-15-13-25)17-27-24(31)23-26-16-22(30)29(28-23)20-8-4-18(2)5-9-20/h4-11H,3,12-17H2,1-2H3,(H,26,28)(H,27,31). The zero-order chi connectivity index (χ0) is 23.3. The van der Waals surface area contributed by atoms with E-state index in [-0.39, 0.29) is 29.6 Å². The van der Waals surface area contributed by atoms with E-state index in [1.807, 2.05) is 50.2 Å². The maximum atomic E-state index is 13.0.